The number of amides is 1. The van der Waals surface area contributed by atoms with Crippen molar-refractivity contribution in [1.29, 1.82) is 0 Å². The number of halogens is 2. The number of hydrogen-bond donors (Lipinski definition) is 1. The first kappa shape index (κ1) is 13.3. The summed E-state index contributed by atoms with van der Waals surface area (Å²) in [5.41, 5.74) is 0.985. The monoisotopic (exact) mass is 259 g/mol. The first-order chi connectivity index (χ1) is 7.21. The van der Waals surface area contributed by atoms with E-state index in [2.05, 4.69) is 5.32 Å². The summed E-state index contributed by atoms with van der Waals surface area (Å²) in [5, 5.41) is 3.85. The van der Waals surface area contributed by atoms with Crippen LogP contribution in [-0.2, 0) is 4.79 Å². The molecule has 1 aromatic rings. The lowest BCUT2D eigenvalue weighted by atomic mass is 9.95. The van der Waals surface area contributed by atoms with E-state index in [0.717, 1.165) is 5.56 Å². The van der Waals surface area contributed by atoms with Crippen molar-refractivity contribution in [2.24, 2.45) is 5.41 Å². The number of hydrogen-bond acceptors (Lipinski definition) is 1. The third-order valence-corrected chi connectivity index (χ3v) is 2.90. The van der Waals surface area contributed by atoms with Gasteiger partial charge in [-0.3, -0.25) is 4.79 Å². The number of carbonyl (C=O) groups is 1. The number of rotatable bonds is 1. The minimum Gasteiger partial charge on any atom is -0.324 e. The van der Waals surface area contributed by atoms with E-state index >= 15 is 0 Å². The molecule has 0 spiro atoms. The summed E-state index contributed by atoms with van der Waals surface area (Å²) in [7, 11) is 0. The van der Waals surface area contributed by atoms with Crippen LogP contribution in [0.5, 0.6) is 0 Å². The fourth-order valence-electron chi connectivity index (χ4n) is 1.05. The van der Waals surface area contributed by atoms with Gasteiger partial charge >= 0.3 is 0 Å². The number of anilines is 1. The third-order valence-electron chi connectivity index (χ3n) is 2.18. The predicted molar refractivity (Wildman–Crippen MR) is 69.3 cm³/mol. The molecule has 1 amide bonds. The molecular weight excluding hydrogens is 245 g/mol. The highest BCUT2D eigenvalue weighted by Crippen LogP contribution is 2.30. The summed E-state index contributed by atoms with van der Waals surface area (Å²) >= 11 is 12.0. The van der Waals surface area contributed by atoms with Crippen molar-refractivity contribution < 1.29 is 4.79 Å². The van der Waals surface area contributed by atoms with E-state index in [9.17, 15) is 4.79 Å². The van der Waals surface area contributed by atoms with Gasteiger partial charge in [0.25, 0.3) is 0 Å². The molecule has 1 aromatic carbocycles. The zero-order valence-corrected chi connectivity index (χ0v) is 11.3. The van der Waals surface area contributed by atoms with Crippen LogP contribution in [0.1, 0.15) is 26.3 Å². The largest absolute Gasteiger partial charge is 0.324 e. The Balaban J connectivity index is 2.99. The van der Waals surface area contributed by atoms with Crippen LogP contribution in [0.2, 0.25) is 10.0 Å². The second kappa shape index (κ2) is 4.64. The minimum atomic E-state index is -0.458. The van der Waals surface area contributed by atoms with Gasteiger partial charge in [-0.15, -0.1) is 0 Å². The fourth-order valence-corrected chi connectivity index (χ4v) is 1.48. The first-order valence-corrected chi connectivity index (χ1v) is 5.74. The predicted octanol–water partition coefficient (Wildman–Crippen LogP) is 4.29. The van der Waals surface area contributed by atoms with Gasteiger partial charge in [0, 0.05) is 10.4 Å². The van der Waals surface area contributed by atoms with Gasteiger partial charge in [0.15, 0.2) is 0 Å². The highest BCUT2D eigenvalue weighted by molar-refractivity contribution is 6.36. The second-order valence-electron chi connectivity index (χ2n) is 4.79. The van der Waals surface area contributed by atoms with Crippen molar-refractivity contribution in [3.05, 3.63) is 27.7 Å². The molecule has 0 aliphatic heterocycles. The summed E-state index contributed by atoms with van der Waals surface area (Å²) < 4.78 is 0. The molecule has 0 bridgehead atoms. The summed E-state index contributed by atoms with van der Waals surface area (Å²) in [6.45, 7) is 7.38. The molecule has 1 rings (SSSR count). The van der Waals surface area contributed by atoms with E-state index < -0.39 is 5.41 Å². The van der Waals surface area contributed by atoms with E-state index in [1.54, 1.807) is 12.1 Å². The van der Waals surface area contributed by atoms with Crippen LogP contribution in [0.3, 0.4) is 0 Å². The SMILES string of the molecule is Cc1cc(Cl)c(NC(=O)C(C)(C)C)cc1Cl. The molecule has 0 aromatic heterocycles. The van der Waals surface area contributed by atoms with E-state index in [1.165, 1.54) is 0 Å². The zero-order chi connectivity index (χ0) is 12.5. The van der Waals surface area contributed by atoms with Crippen LogP contribution >= 0.6 is 23.2 Å². The molecule has 0 saturated carbocycles. The highest BCUT2D eigenvalue weighted by Gasteiger charge is 2.22. The Hall–Kier alpha value is -0.730. The maximum absolute atomic E-state index is 11.8. The standard InChI is InChI=1S/C12H15Cl2NO/c1-7-5-9(14)10(6-8(7)13)15-11(16)12(2,3)4/h5-6H,1-4H3,(H,15,16). The molecule has 16 heavy (non-hydrogen) atoms. The maximum atomic E-state index is 11.8. The van der Waals surface area contributed by atoms with Gasteiger partial charge < -0.3 is 5.32 Å². The van der Waals surface area contributed by atoms with Crippen molar-refractivity contribution in [2.45, 2.75) is 27.7 Å². The van der Waals surface area contributed by atoms with Crippen LogP contribution < -0.4 is 5.32 Å². The Kier molecular flexibility index (Phi) is 3.87. The van der Waals surface area contributed by atoms with Gasteiger partial charge in [-0.25, -0.2) is 0 Å². The normalized spacial score (nSPS) is 11.4. The maximum Gasteiger partial charge on any atom is 0.229 e. The first-order valence-electron chi connectivity index (χ1n) is 4.99. The summed E-state index contributed by atoms with van der Waals surface area (Å²) in [6.07, 6.45) is 0. The molecule has 0 aliphatic carbocycles. The van der Waals surface area contributed by atoms with Gasteiger partial charge in [-0.1, -0.05) is 44.0 Å². The lowest BCUT2D eigenvalue weighted by Crippen LogP contribution is -2.27. The van der Waals surface area contributed by atoms with Crippen molar-refractivity contribution in [3.63, 3.8) is 0 Å². The van der Waals surface area contributed by atoms with Gasteiger partial charge in [-0.2, -0.15) is 0 Å². The van der Waals surface area contributed by atoms with E-state index in [1.807, 2.05) is 27.7 Å². The average Bonchev–Trinajstić information content (AvgIpc) is 2.12. The zero-order valence-electron chi connectivity index (χ0n) is 9.82. The molecule has 0 fully saturated rings. The van der Waals surface area contributed by atoms with Gasteiger partial charge in [0.1, 0.15) is 0 Å². The van der Waals surface area contributed by atoms with Gasteiger partial charge in [0.2, 0.25) is 5.91 Å². The molecule has 0 unspecified atom stereocenters. The van der Waals surface area contributed by atoms with E-state index in [-0.39, 0.29) is 5.91 Å². The van der Waals surface area contributed by atoms with Crippen LogP contribution in [0.15, 0.2) is 12.1 Å². The topological polar surface area (TPSA) is 29.1 Å². The van der Waals surface area contributed by atoms with Gasteiger partial charge in [0.05, 0.1) is 10.7 Å². The Bertz CT molecular complexity index is 422. The molecule has 88 valence electrons. The molecule has 1 N–H and O–H groups in total. The minimum absolute atomic E-state index is 0.0886. The van der Waals surface area contributed by atoms with E-state index in [4.69, 9.17) is 23.2 Å². The Morgan fingerprint density at radius 1 is 1.19 bits per heavy atom. The van der Waals surface area contributed by atoms with Gasteiger partial charge in [-0.05, 0) is 24.6 Å². The number of benzene rings is 1. The van der Waals surface area contributed by atoms with Crippen molar-refractivity contribution in [1.82, 2.24) is 0 Å². The molecule has 0 aliphatic rings. The quantitative estimate of drug-likeness (QED) is 0.801. The molecule has 0 atom stereocenters. The lowest BCUT2D eigenvalue weighted by Gasteiger charge is -2.18. The molecule has 0 heterocycles. The van der Waals surface area contributed by atoms with Crippen LogP contribution in [0.25, 0.3) is 0 Å². The van der Waals surface area contributed by atoms with Crippen LogP contribution in [0, 0.1) is 12.3 Å². The molecular formula is C12H15Cl2NO. The van der Waals surface area contributed by atoms with Crippen molar-refractivity contribution in [2.75, 3.05) is 5.32 Å². The highest BCUT2D eigenvalue weighted by atomic mass is 35.5. The van der Waals surface area contributed by atoms with Crippen LogP contribution in [-0.4, -0.2) is 5.91 Å². The molecule has 4 heteroatoms. The Morgan fingerprint density at radius 3 is 2.25 bits per heavy atom. The summed E-state index contributed by atoms with van der Waals surface area (Å²) in [4.78, 5) is 11.8. The smallest absolute Gasteiger partial charge is 0.229 e. The number of aryl methyl sites for hydroxylation is 1. The summed E-state index contributed by atoms with van der Waals surface area (Å²) in [6, 6.07) is 3.41. The average molecular weight is 260 g/mol. The lowest BCUT2D eigenvalue weighted by molar-refractivity contribution is -0.123. The molecule has 0 radical (unpaired) electrons. The molecule has 0 saturated heterocycles. The van der Waals surface area contributed by atoms with E-state index in [0.29, 0.717) is 15.7 Å². The number of carbonyl (C=O) groups excluding carboxylic acids is 1. The Labute approximate surface area is 106 Å². The second-order valence-corrected chi connectivity index (χ2v) is 5.60. The fraction of sp³-hybridized carbons (Fsp3) is 0.417. The van der Waals surface area contributed by atoms with Crippen molar-refractivity contribution in [3.8, 4) is 0 Å². The Morgan fingerprint density at radius 2 is 1.75 bits per heavy atom. The summed E-state index contributed by atoms with van der Waals surface area (Å²) in [5.74, 6) is -0.0886. The molecule has 2 nitrogen and oxygen atoms in total. The van der Waals surface area contributed by atoms with Crippen molar-refractivity contribution >= 4 is 34.8 Å². The third kappa shape index (κ3) is 3.13. The van der Waals surface area contributed by atoms with Crippen LogP contribution in [0.4, 0.5) is 5.69 Å². The number of nitrogens with one attached hydrogen (secondary N) is 1.